The zero-order valence-electron chi connectivity index (χ0n) is 19.8. The Morgan fingerprint density at radius 2 is 1.51 bits per heavy atom. The number of anilines is 1. The van der Waals surface area contributed by atoms with E-state index in [1.54, 1.807) is 24.0 Å². The van der Waals surface area contributed by atoms with Gasteiger partial charge in [0.05, 0.1) is 29.7 Å². The fraction of sp³-hybridized carbons (Fsp3) is 0.286. The minimum absolute atomic E-state index is 0.0577. The Morgan fingerprint density at radius 1 is 0.914 bits per heavy atom. The Balaban J connectivity index is 1.49. The van der Waals surface area contributed by atoms with Crippen molar-refractivity contribution in [1.82, 2.24) is 4.90 Å². The second kappa shape index (κ2) is 11.8. The monoisotopic (exact) mass is 490 g/mol. The molecule has 1 unspecified atom stereocenters. The van der Waals surface area contributed by atoms with Crippen LogP contribution in [0, 0.1) is 5.92 Å². The molecule has 1 saturated heterocycles. The van der Waals surface area contributed by atoms with Gasteiger partial charge in [0.25, 0.3) is 5.91 Å². The van der Waals surface area contributed by atoms with E-state index < -0.39 is 11.0 Å². The van der Waals surface area contributed by atoms with Gasteiger partial charge in [-0.2, -0.15) is 0 Å². The van der Waals surface area contributed by atoms with E-state index in [0.717, 1.165) is 11.3 Å². The van der Waals surface area contributed by atoms with Crippen molar-refractivity contribution in [1.29, 1.82) is 0 Å². The summed E-state index contributed by atoms with van der Waals surface area (Å²) in [6.45, 7) is 3.71. The van der Waals surface area contributed by atoms with Gasteiger partial charge in [-0.25, -0.2) is 4.21 Å². The van der Waals surface area contributed by atoms with Crippen LogP contribution in [0.3, 0.4) is 0 Å². The summed E-state index contributed by atoms with van der Waals surface area (Å²) in [5.74, 6) is -0.368. The molecule has 1 aliphatic heterocycles. The molecule has 0 radical (unpaired) electrons. The quantitative estimate of drug-likeness (QED) is 0.424. The molecule has 3 aromatic carbocycles. The standard InChI is InChI=1S/C28H30N2O4S/c1-2-34-28(32)24-17-19-29(20-18-24)27(31)23-13-15-25(16-14-23)30(21-22-9-5-3-6-10-22)35(33)26-11-7-4-8-12-26/h3-16,24H,2,17-21H2,1H3. The number of esters is 1. The van der Waals surface area contributed by atoms with Crippen LogP contribution < -0.4 is 4.31 Å². The highest BCUT2D eigenvalue weighted by Gasteiger charge is 2.28. The highest BCUT2D eigenvalue weighted by Crippen LogP contribution is 2.25. The lowest BCUT2D eigenvalue weighted by molar-refractivity contribution is -0.149. The van der Waals surface area contributed by atoms with E-state index in [4.69, 9.17) is 4.74 Å². The number of rotatable bonds is 8. The zero-order valence-corrected chi connectivity index (χ0v) is 20.7. The molecule has 1 aliphatic rings. The molecule has 0 aromatic heterocycles. The second-order valence-electron chi connectivity index (χ2n) is 8.45. The van der Waals surface area contributed by atoms with Crippen LogP contribution in [0.5, 0.6) is 0 Å². The van der Waals surface area contributed by atoms with Crippen LogP contribution in [-0.4, -0.2) is 40.7 Å². The fourth-order valence-corrected chi connectivity index (χ4v) is 5.41. The van der Waals surface area contributed by atoms with Crippen molar-refractivity contribution in [3.05, 3.63) is 96.1 Å². The normalized spacial score (nSPS) is 14.8. The average Bonchev–Trinajstić information content (AvgIpc) is 2.92. The minimum Gasteiger partial charge on any atom is -0.466 e. The van der Waals surface area contributed by atoms with Crippen molar-refractivity contribution in [3.63, 3.8) is 0 Å². The number of likely N-dealkylation sites (tertiary alicyclic amines) is 1. The molecule has 3 aromatic rings. The van der Waals surface area contributed by atoms with Crippen LogP contribution in [-0.2, 0) is 27.1 Å². The van der Waals surface area contributed by atoms with Crippen molar-refractivity contribution in [2.45, 2.75) is 31.2 Å². The van der Waals surface area contributed by atoms with Crippen molar-refractivity contribution in [3.8, 4) is 0 Å². The Hall–Kier alpha value is -3.45. The lowest BCUT2D eigenvalue weighted by atomic mass is 9.96. The van der Waals surface area contributed by atoms with Gasteiger partial charge in [-0.3, -0.25) is 13.9 Å². The summed E-state index contributed by atoms with van der Waals surface area (Å²) in [6.07, 6.45) is 1.23. The van der Waals surface area contributed by atoms with Crippen LogP contribution in [0.4, 0.5) is 5.69 Å². The first-order valence-electron chi connectivity index (χ1n) is 11.9. The Morgan fingerprint density at radius 3 is 2.11 bits per heavy atom. The molecule has 4 rings (SSSR count). The third-order valence-corrected chi connectivity index (χ3v) is 7.53. The van der Waals surface area contributed by atoms with Crippen LogP contribution in [0.15, 0.2) is 89.8 Å². The van der Waals surface area contributed by atoms with Crippen LogP contribution in [0.25, 0.3) is 0 Å². The number of nitrogens with zero attached hydrogens (tertiary/aromatic N) is 2. The van der Waals surface area contributed by atoms with E-state index in [2.05, 4.69) is 0 Å². The van der Waals surface area contributed by atoms with Gasteiger partial charge in [-0.05, 0) is 61.7 Å². The van der Waals surface area contributed by atoms with Gasteiger partial charge in [0.2, 0.25) is 0 Å². The lowest BCUT2D eigenvalue weighted by Crippen LogP contribution is -2.40. The van der Waals surface area contributed by atoms with Gasteiger partial charge < -0.3 is 9.64 Å². The molecular formula is C28H30N2O4S. The van der Waals surface area contributed by atoms with Crippen molar-refractivity contribution in [2.75, 3.05) is 24.0 Å². The van der Waals surface area contributed by atoms with Crippen LogP contribution in [0.1, 0.15) is 35.7 Å². The summed E-state index contributed by atoms with van der Waals surface area (Å²) in [7, 11) is -1.41. The molecule has 0 aliphatic carbocycles. The Labute approximate surface area is 209 Å². The average molecular weight is 491 g/mol. The summed E-state index contributed by atoms with van der Waals surface area (Å²) in [5.41, 5.74) is 2.39. The second-order valence-corrected chi connectivity index (χ2v) is 9.86. The molecule has 1 amide bonds. The molecule has 35 heavy (non-hydrogen) atoms. The van der Waals surface area contributed by atoms with Crippen LogP contribution >= 0.6 is 0 Å². The summed E-state index contributed by atoms with van der Waals surface area (Å²) in [6, 6.07) is 26.5. The largest absolute Gasteiger partial charge is 0.466 e. The van der Waals surface area contributed by atoms with Gasteiger partial charge in [0.15, 0.2) is 11.0 Å². The van der Waals surface area contributed by atoms with Gasteiger partial charge in [-0.1, -0.05) is 48.5 Å². The third kappa shape index (κ3) is 6.17. The van der Waals surface area contributed by atoms with E-state index >= 15 is 0 Å². The van der Waals surface area contributed by atoms with E-state index in [1.807, 2.05) is 77.1 Å². The summed E-state index contributed by atoms with van der Waals surface area (Å²) in [5, 5.41) is 0. The SMILES string of the molecule is CCOC(=O)C1CCN(C(=O)c2ccc(N(Cc3ccccc3)S(=O)c3ccccc3)cc2)CC1. The maximum Gasteiger partial charge on any atom is 0.309 e. The van der Waals surface area contributed by atoms with E-state index in [-0.39, 0.29) is 17.8 Å². The zero-order chi connectivity index (χ0) is 24.6. The van der Waals surface area contributed by atoms with Gasteiger partial charge in [-0.15, -0.1) is 0 Å². The number of piperidine rings is 1. The number of hydrogen-bond acceptors (Lipinski definition) is 4. The minimum atomic E-state index is -1.41. The van der Waals surface area contributed by atoms with Crippen molar-refractivity contribution in [2.24, 2.45) is 5.92 Å². The Bertz CT molecular complexity index is 1140. The summed E-state index contributed by atoms with van der Waals surface area (Å²) in [4.78, 5) is 27.5. The maximum absolute atomic E-state index is 13.5. The van der Waals surface area contributed by atoms with E-state index in [0.29, 0.717) is 49.5 Å². The maximum atomic E-state index is 13.5. The first kappa shape index (κ1) is 24.7. The van der Waals surface area contributed by atoms with E-state index in [1.165, 1.54) is 0 Å². The number of amides is 1. The molecule has 0 spiro atoms. The smallest absolute Gasteiger partial charge is 0.309 e. The molecule has 0 N–H and O–H groups in total. The third-order valence-electron chi connectivity index (χ3n) is 6.12. The topological polar surface area (TPSA) is 66.9 Å². The van der Waals surface area contributed by atoms with Gasteiger partial charge in [0, 0.05) is 18.7 Å². The molecule has 0 saturated carbocycles. The summed E-state index contributed by atoms with van der Waals surface area (Å²) < 4.78 is 20.4. The predicted molar refractivity (Wildman–Crippen MR) is 137 cm³/mol. The molecule has 1 fully saturated rings. The number of hydrogen-bond donors (Lipinski definition) is 0. The highest BCUT2D eigenvalue weighted by atomic mass is 32.2. The molecule has 7 heteroatoms. The molecule has 1 atom stereocenters. The fourth-order valence-electron chi connectivity index (χ4n) is 4.19. The lowest BCUT2D eigenvalue weighted by Gasteiger charge is -2.31. The molecule has 6 nitrogen and oxygen atoms in total. The van der Waals surface area contributed by atoms with Gasteiger partial charge in [0.1, 0.15) is 0 Å². The Kier molecular flexibility index (Phi) is 8.32. The van der Waals surface area contributed by atoms with Crippen LogP contribution in [0.2, 0.25) is 0 Å². The summed E-state index contributed by atoms with van der Waals surface area (Å²) >= 11 is 0. The molecular weight excluding hydrogens is 460 g/mol. The highest BCUT2D eigenvalue weighted by molar-refractivity contribution is 7.86. The number of carbonyl (C=O) groups is 2. The molecule has 1 heterocycles. The first-order chi connectivity index (χ1) is 17.1. The first-order valence-corrected chi connectivity index (χ1v) is 13.0. The number of carbonyl (C=O) groups excluding carboxylic acids is 2. The van der Waals surface area contributed by atoms with E-state index in [9.17, 15) is 13.8 Å². The number of ether oxygens (including phenoxy) is 1. The van der Waals surface area contributed by atoms with Crippen molar-refractivity contribution < 1.29 is 18.5 Å². The number of benzene rings is 3. The molecule has 182 valence electrons. The predicted octanol–water partition coefficient (Wildman–Crippen LogP) is 4.83. The molecule has 0 bridgehead atoms. The van der Waals surface area contributed by atoms with Gasteiger partial charge >= 0.3 is 5.97 Å². The van der Waals surface area contributed by atoms with Crippen molar-refractivity contribution >= 4 is 28.5 Å².